The van der Waals surface area contributed by atoms with E-state index in [9.17, 15) is 14.9 Å². The Morgan fingerprint density at radius 2 is 1.90 bits per heavy atom. The smallest absolute Gasteiger partial charge is 0.261 e. The van der Waals surface area contributed by atoms with Crippen LogP contribution in [0.2, 0.25) is 0 Å². The van der Waals surface area contributed by atoms with E-state index in [0.717, 1.165) is 17.5 Å². The van der Waals surface area contributed by atoms with E-state index in [1.807, 2.05) is 54.3 Å². The number of carbonyl (C=O) groups is 1. The third-order valence-electron chi connectivity index (χ3n) is 6.23. The Morgan fingerprint density at radius 3 is 2.61 bits per heavy atom. The van der Waals surface area contributed by atoms with Crippen molar-refractivity contribution < 1.29 is 4.79 Å². The van der Waals surface area contributed by atoms with Gasteiger partial charge in [0.1, 0.15) is 0 Å². The minimum absolute atomic E-state index is 0.121. The Morgan fingerprint density at radius 1 is 1.16 bits per heavy atom. The number of carbonyl (C=O) groups excluding carboxylic acids is 1. The highest BCUT2D eigenvalue weighted by molar-refractivity contribution is 5.78. The number of aromatic nitrogens is 2. The molecule has 0 saturated carbocycles. The summed E-state index contributed by atoms with van der Waals surface area (Å²) < 4.78 is 1.55. The molecular formula is C25H26N4O2. The molecule has 6 heteroatoms. The normalized spacial score (nSPS) is 15.5. The maximum absolute atomic E-state index is 12.9. The lowest BCUT2D eigenvalue weighted by molar-refractivity contribution is -0.133. The molecule has 1 aliphatic rings. The molecule has 6 nitrogen and oxygen atoms in total. The van der Waals surface area contributed by atoms with Gasteiger partial charge in [-0.2, -0.15) is 5.26 Å². The van der Waals surface area contributed by atoms with Gasteiger partial charge in [-0.25, -0.2) is 4.98 Å². The molecule has 1 saturated heterocycles. The Bertz CT molecular complexity index is 1190. The lowest BCUT2D eigenvalue weighted by atomic mass is 9.79. The molecule has 31 heavy (non-hydrogen) atoms. The number of piperidine rings is 1. The molecule has 0 atom stereocenters. The fourth-order valence-corrected chi connectivity index (χ4v) is 4.25. The van der Waals surface area contributed by atoms with Gasteiger partial charge in [-0.1, -0.05) is 36.4 Å². The second kappa shape index (κ2) is 8.73. The van der Waals surface area contributed by atoms with E-state index in [4.69, 9.17) is 0 Å². The van der Waals surface area contributed by atoms with Gasteiger partial charge in [0, 0.05) is 26.1 Å². The second-order valence-corrected chi connectivity index (χ2v) is 8.46. The zero-order valence-corrected chi connectivity index (χ0v) is 17.8. The van der Waals surface area contributed by atoms with Crippen molar-refractivity contribution in [1.82, 2.24) is 14.5 Å². The number of fused-ring (bicyclic) bond motifs is 1. The van der Waals surface area contributed by atoms with Crippen molar-refractivity contribution in [1.29, 1.82) is 5.26 Å². The van der Waals surface area contributed by atoms with Crippen LogP contribution in [-0.4, -0.2) is 33.4 Å². The maximum atomic E-state index is 12.9. The molecule has 3 aromatic rings. The highest BCUT2D eigenvalue weighted by Gasteiger charge is 2.36. The van der Waals surface area contributed by atoms with Gasteiger partial charge in [0.25, 0.3) is 5.56 Å². The van der Waals surface area contributed by atoms with Crippen LogP contribution in [0.15, 0.2) is 59.7 Å². The van der Waals surface area contributed by atoms with E-state index >= 15 is 0 Å². The minimum atomic E-state index is -0.667. The summed E-state index contributed by atoms with van der Waals surface area (Å²) >= 11 is 0. The number of nitriles is 1. The van der Waals surface area contributed by atoms with Crippen molar-refractivity contribution in [2.75, 3.05) is 13.1 Å². The Kier molecular flexibility index (Phi) is 5.85. The topological polar surface area (TPSA) is 79.0 Å². The van der Waals surface area contributed by atoms with Crippen LogP contribution in [-0.2, 0) is 17.8 Å². The monoisotopic (exact) mass is 414 g/mol. The second-order valence-electron chi connectivity index (χ2n) is 8.46. The Balaban J connectivity index is 1.42. The molecule has 158 valence electrons. The van der Waals surface area contributed by atoms with Crippen LogP contribution in [0.1, 0.15) is 30.4 Å². The minimum Gasteiger partial charge on any atom is -0.343 e. The van der Waals surface area contributed by atoms with Gasteiger partial charge in [0.15, 0.2) is 0 Å². The molecule has 1 fully saturated rings. The average molecular weight is 415 g/mol. The van der Waals surface area contributed by atoms with Gasteiger partial charge in [-0.05, 0) is 49.4 Å². The molecule has 1 aliphatic heterocycles. The zero-order valence-electron chi connectivity index (χ0n) is 17.8. The molecule has 1 aromatic heterocycles. The van der Waals surface area contributed by atoms with Gasteiger partial charge in [-0.15, -0.1) is 0 Å². The van der Waals surface area contributed by atoms with Crippen molar-refractivity contribution in [3.8, 4) is 6.07 Å². The van der Waals surface area contributed by atoms with Gasteiger partial charge in [0.05, 0.1) is 28.7 Å². The number of rotatable bonds is 5. The number of hydrogen-bond donors (Lipinski definition) is 0. The maximum Gasteiger partial charge on any atom is 0.261 e. The van der Waals surface area contributed by atoms with E-state index in [1.54, 1.807) is 17.0 Å². The summed E-state index contributed by atoms with van der Waals surface area (Å²) in [6.07, 6.45) is 3.84. The van der Waals surface area contributed by atoms with E-state index in [1.165, 1.54) is 0 Å². The molecule has 0 spiro atoms. The molecule has 0 radical (unpaired) electrons. The lowest BCUT2D eigenvalue weighted by Crippen LogP contribution is -2.45. The molecule has 4 rings (SSSR count). The number of hydrogen-bond acceptors (Lipinski definition) is 4. The first-order valence-electron chi connectivity index (χ1n) is 10.7. The van der Waals surface area contributed by atoms with Crippen molar-refractivity contribution >= 4 is 16.8 Å². The number of amides is 1. The molecule has 0 aliphatic carbocycles. The Labute approximate surface area is 181 Å². The fourth-order valence-electron chi connectivity index (χ4n) is 4.25. The molecule has 1 amide bonds. The Hall–Kier alpha value is -3.46. The van der Waals surface area contributed by atoms with Crippen molar-refractivity contribution in [3.63, 3.8) is 0 Å². The predicted octanol–water partition coefficient (Wildman–Crippen LogP) is 3.47. The van der Waals surface area contributed by atoms with Crippen molar-refractivity contribution in [2.24, 2.45) is 5.41 Å². The van der Waals surface area contributed by atoms with E-state index in [-0.39, 0.29) is 11.5 Å². The van der Waals surface area contributed by atoms with Crippen LogP contribution in [0.3, 0.4) is 0 Å². The fraction of sp³-hybridized carbons (Fsp3) is 0.360. The first-order valence-corrected chi connectivity index (χ1v) is 10.7. The summed E-state index contributed by atoms with van der Waals surface area (Å²) in [4.78, 5) is 31.8. The summed E-state index contributed by atoms with van der Waals surface area (Å²) in [5.74, 6) is 0.121. The van der Waals surface area contributed by atoms with Crippen LogP contribution >= 0.6 is 0 Å². The van der Waals surface area contributed by atoms with E-state index in [0.29, 0.717) is 49.8 Å². The number of benzene rings is 2. The lowest BCUT2D eigenvalue weighted by Gasteiger charge is -2.37. The quantitative estimate of drug-likeness (QED) is 0.640. The molecule has 0 unspecified atom stereocenters. The van der Waals surface area contributed by atoms with Crippen molar-refractivity contribution in [2.45, 2.75) is 39.2 Å². The summed E-state index contributed by atoms with van der Waals surface area (Å²) in [5.41, 5.74) is 2.08. The van der Waals surface area contributed by atoms with Gasteiger partial charge >= 0.3 is 0 Å². The molecule has 2 aromatic carbocycles. The van der Waals surface area contributed by atoms with Crippen LogP contribution in [0.5, 0.6) is 0 Å². The summed E-state index contributed by atoms with van der Waals surface area (Å²) in [7, 11) is 0. The largest absolute Gasteiger partial charge is 0.343 e. The first kappa shape index (κ1) is 20.8. The van der Waals surface area contributed by atoms with Crippen LogP contribution in [0.25, 0.3) is 10.9 Å². The first-order chi connectivity index (χ1) is 15.0. The summed E-state index contributed by atoms with van der Waals surface area (Å²) in [5, 5.41) is 10.5. The summed E-state index contributed by atoms with van der Waals surface area (Å²) in [6.45, 7) is 3.34. The molecule has 2 heterocycles. The van der Waals surface area contributed by atoms with Gasteiger partial charge < -0.3 is 4.90 Å². The highest BCUT2D eigenvalue weighted by atomic mass is 16.2. The number of nitrogens with zero attached hydrogens (tertiary/aromatic N) is 4. The number of aryl methyl sites for hydroxylation is 2. The van der Waals surface area contributed by atoms with Gasteiger partial charge in [0.2, 0.25) is 5.91 Å². The highest BCUT2D eigenvalue weighted by Crippen LogP contribution is 2.32. The summed E-state index contributed by atoms with van der Waals surface area (Å²) in [6, 6.07) is 18.0. The molecular weight excluding hydrogens is 388 g/mol. The van der Waals surface area contributed by atoms with Crippen LogP contribution in [0, 0.1) is 23.7 Å². The van der Waals surface area contributed by atoms with Gasteiger partial charge in [-0.3, -0.25) is 14.2 Å². The number of likely N-dealkylation sites (tertiary alicyclic amines) is 1. The standard InChI is InChI=1S/C25H26N4O2/c1-19-7-9-21-22(15-19)27-18-29(24(21)31)17-25(16-26)11-13-28(14-12-25)23(30)10-8-20-5-3-2-4-6-20/h2-7,9,15,18H,8,10-14,17H2,1H3. The van der Waals surface area contributed by atoms with Crippen LogP contribution < -0.4 is 5.56 Å². The predicted molar refractivity (Wildman–Crippen MR) is 119 cm³/mol. The zero-order chi connectivity index (χ0) is 21.8. The van der Waals surface area contributed by atoms with Crippen molar-refractivity contribution in [3.05, 3.63) is 76.3 Å². The third-order valence-corrected chi connectivity index (χ3v) is 6.23. The van der Waals surface area contributed by atoms with Crippen LogP contribution in [0.4, 0.5) is 0 Å². The third kappa shape index (κ3) is 4.51. The average Bonchev–Trinajstić information content (AvgIpc) is 2.80. The SMILES string of the molecule is Cc1ccc2c(=O)n(CC3(C#N)CCN(C(=O)CCc4ccccc4)CC3)cnc2c1. The molecule has 0 N–H and O–H groups in total. The molecule has 0 bridgehead atoms. The van der Waals surface area contributed by atoms with E-state index in [2.05, 4.69) is 11.1 Å². The van der Waals surface area contributed by atoms with E-state index < -0.39 is 5.41 Å².